The van der Waals surface area contributed by atoms with Gasteiger partial charge in [-0.15, -0.1) is 0 Å². The summed E-state index contributed by atoms with van der Waals surface area (Å²) in [5.41, 5.74) is 24.6. The van der Waals surface area contributed by atoms with Gasteiger partial charge >= 0.3 is 7.12 Å². The molecular formula is C72H59BN2O2. The molecule has 0 atom stereocenters. The second-order valence-corrected chi connectivity index (χ2v) is 21.3. The predicted octanol–water partition coefficient (Wildman–Crippen LogP) is 18.1. The minimum absolute atomic E-state index is 0.504. The van der Waals surface area contributed by atoms with Crippen LogP contribution in [0.25, 0.3) is 112 Å². The van der Waals surface area contributed by atoms with E-state index in [1.54, 1.807) is 0 Å². The molecule has 0 spiro atoms. The average molecular weight is 995 g/mol. The highest BCUT2D eigenvalue weighted by molar-refractivity contribution is 6.62. The zero-order valence-electron chi connectivity index (χ0n) is 44.5. The van der Waals surface area contributed by atoms with Crippen LogP contribution < -0.4 is 5.46 Å². The molecule has 1 aliphatic heterocycles. The first-order chi connectivity index (χ1) is 37.4. The molecule has 77 heavy (non-hydrogen) atoms. The number of aromatic nitrogens is 2. The summed E-state index contributed by atoms with van der Waals surface area (Å²) in [5, 5.41) is 0. The van der Waals surface area contributed by atoms with Crippen LogP contribution in [0.1, 0.15) is 38.8 Å². The third-order valence-corrected chi connectivity index (χ3v) is 15.7. The van der Waals surface area contributed by atoms with Crippen molar-refractivity contribution in [1.29, 1.82) is 0 Å². The van der Waals surface area contributed by atoms with Gasteiger partial charge in [-0.05, 0) is 166 Å². The Kier molecular flexibility index (Phi) is 13.0. The molecule has 1 aliphatic rings. The predicted molar refractivity (Wildman–Crippen MR) is 322 cm³/mol. The Balaban J connectivity index is 0.857. The molecule has 12 rings (SSSR count). The number of hydrogen-bond acceptors (Lipinski definition) is 4. The van der Waals surface area contributed by atoms with Crippen molar-refractivity contribution in [1.82, 2.24) is 9.97 Å². The molecule has 372 valence electrons. The van der Waals surface area contributed by atoms with Crippen LogP contribution in [0.4, 0.5) is 0 Å². The molecule has 0 aliphatic carbocycles. The topological polar surface area (TPSA) is 44.2 Å². The Morgan fingerprint density at radius 1 is 0.286 bits per heavy atom. The Bertz CT molecular complexity index is 3690. The molecule has 0 bridgehead atoms. The molecule has 1 saturated heterocycles. The molecule has 4 nitrogen and oxygen atoms in total. The van der Waals surface area contributed by atoms with E-state index >= 15 is 0 Å². The van der Waals surface area contributed by atoms with Crippen LogP contribution >= 0.6 is 0 Å². The molecule has 0 amide bonds. The summed E-state index contributed by atoms with van der Waals surface area (Å²) in [5.74, 6) is 0. The molecule has 2 aromatic heterocycles. The van der Waals surface area contributed by atoms with Gasteiger partial charge < -0.3 is 9.31 Å². The van der Waals surface area contributed by atoms with Crippen molar-refractivity contribution < 1.29 is 9.31 Å². The van der Waals surface area contributed by atoms with E-state index < -0.39 is 18.3 Å². The van der Waals surface area contributed by atoms with E-state index in [0.717, 1.165) is 94.7 Å². The molecule has 0 radical (unpaired) electrons. The Hall–Kier alpha value is -8.74. The van der Waals surface area contributed by atoms with Gasteiger partial charge in [0.2, 0.25) is 0 Å². The van der Waals surface area contributed by atoms with Gasteiger partial charge in [0.1, 0.15) is 0 Å². The van der Waals surface area contributed by atoms with Gasteiger partial charge in [-0.25, -0.2) is 0 Å². The molecule has 0 saturated carbocycles. The lowest BCUT2D eigenvalue weighted by Crippen LogP contribution is -2.41. The maximum atomic E-state index is 6.77. The van der Waals surface area contributed by atoms with E-state index in [1.807, 2.05) is 12.4 Å². The van der Waals surface area contributed by atoms with Gasteiger partial charge in [0, 0.05) is 34.6 Å². The summed E-state index contributed by atoms with van der Waals surface area (Å²) in [6, 6.07) is 84.7. The van der Waals surface area contributed by atoms with Crippen LogP contribution in [-0.4, -0.2) is 28.3 Å². The van der Waals surface area contributed by atoms with E-state index in [9.17, 15) is 0 Å². The van der Waals surface area contributed by atoms with Gasteiger partial charge in [-0.2, -0.15) is 0 Å². The van der Waals surface area contributed by atoms with Crippen LogP contribution in [0.5, 0.6) is 0 Å². The van der Waals surface area contributed by atoms with Crippen molar-refractivity contribution in [3.05, 3.63) is 260 Å². The smallest absolute Gasteiger partial charge is 0.399 e. The van der Waals surface area contributed by atoms with Crippen LogP contribution in [-0.2, 0) is 9.31 Å². The highest BCUT2D eigenvalue weighted by Gasteiger charge is 2.52. The van der Waals surface area contributed by atoms with Crippen molar-refractivity contribution in [3.8, 4) is 112 Å². The first kappa shape index (κ1) is 49.2. The highest BCUT2D eigenvalue weighted by Crippen LogP contribution is 2.41. The standard InChI is InChI=1S/C72H59BN2O2/c1-48-39-69(74-46-67(48)58-25-17-23-56(41-58)50-19-9-7-10-20-50)54-35-31-52(32-36-54)63-27-13-15-29-65(63)60-43-61(45-62(44-60)73-76-71(3,4)72(5,6)77-73)66-30-16-14-28-64(66)53-33-37-55(38-34-53)70-40-49(2)68(47-75-70)59-26-18-24-57(42-59)51-21-11-8-12-22-51/h7-47H,1-6H3. The Labute approximate surface area is 453 Å². The second-order valence-electron chi connectivity index (χ2n) is 21.3. The first-order valence-electron chi connectivity index (χ1n) is 26.6. The number of aryl methyl sites for hydroxylation is 2. The molecule has 1 fully saturated rings. The maximum absolute atomic E-state index is 6.77. The lowest BCUT2D eigenvalue weighted by atomic mass is 9.75. The summed E-state index contributed by atoms with van der Waals surface area (Å²) in [7, 11) is -0.554. The largest absolute Gasteiger partial charge is 0.494 e. The normalized spacial score (nSPS) is 13.7. The lowest BCUT2D eigenvalue weighted by molar-refractivity contribution is 0.00578. The van der Waals surface area contributed by atoms with Crippen LogP contribution in [0, 0.1) is 13.8 Å². The van der Waals surface area contributed by atoms with Crippen LogP contribution in [0.3, 0.4) is 0 Å². The zero-order chi connectivity index (χ0) is 52.7. The van der Waals surface area contributed by atoms with Crippen LogP contribution in [0.2, 0.25) is 0 Å². The second kappa shape index (κ2) is 20.4. The lowest BCUT2D eigenvalue weighted by Gasteiger charge is -2.32. The molecule has 3 heterocycles. The summed E-state index contributed by atoms with van der Waals surface area (Å²) in [4.78, 5) is 10.0. The van der Waals surface area contributed by atoms with Crippen LogP contribution in [0.15, 0.2) is 249 Å². The van der Waals surface area contributed by atoms with Gasteiger partial charge in [0.25, 0.3) is 0 Å². The fourth-order valence-corrected chi connectivity index (χ4v) is 10.7. The molecular weight excluding hydrogens is 936 g/mol. The van der Waals surface area contributed by atoms with E-state index in [4.69, 9.17) is 19.3 Å². The minimum Gasteiger partial charge on any atom is -0.399 e. The van der Waals surface area contributed by atoms with Gasteiger partial charge in [-0.3, -0.25) is 9.97 Å². The maximum Gasteiger partial charge on any atom is 0.494 e. The minimum atomic E-state index is -0.554. The Morgan fingerprint density at radius 3 is 1.00 bits per heavy atom. The molecule has 5 heteroatoms. The molecule has 11 aromatic rings. The highest BCUT2D eigenvalue weighted by atomic mass is 16.7. The summed E-state index contributed by atoms with van der Waals surface area (Å²) in [6.07, 6.45) is 4.03. The van der Waals surface area contributed by atoms with Crippen molar-refractivity contribution in [2.45, 2.75) is 52.7 Å². The third-order valence-electron chi connectivity index (χ3n) is 15.7. The number of nitrogens with zero attached hydrogens (tertiary/aromatic N) is 2. The fraction of sp³-hybridized carbons (Fsp3) is 0.111. The van der Waals surface area contributed by atoms with E-state index in [2.05, 4.69) is 278 Å². The van der Waals surface area contributed by atoms with Gasteiger partial charge in [-0.1, -0.05) is 206 Å². The summed E-state index contributed by atoms with van der Waals surface area (Å²) >= 11 is 0. The monoisotopic (exact) mass is 994 g/mol. The molecule has 0 unspecified atom stereocenters. The Morgan fingerprint density at radius 2 is 0.610 bits per heavy atom. The summed E-state index contributed by atoms with van der Waals surface area (Å²) in [6.45, 7) is 12.8. The van der Waals surface area contributed by atoms with Crippen molar-refractivity contribution >= 4 is 12.6 Å². The number of pyridine rings is 2. The number of rotatable bonds is 11. The van der Waals surface area contributed by atoms with Gasteiger partial charge in [0.15, 0.2) is 0 Å². The third kappa shape index (κ3) is 9.88. The van der Waals surface area contributed by atoms with E-state index in [0.29, 0.717) is 0 Å². The van der Waals surface area contributed by atoms with E-state index in [-0.39, 0.29) is 0 Å². The zero-order valence-corrected chi connectivity index (χ0v) is 44.5. The fourth-order valence-electron chi connectivity index (χ4n) is 10.7. The molecule has 9 aromatic carbocycles. The number of hydrogen-bond donors (Lipinski definition) is 0. The average Bonchev–Trinajstić information content (AvgIpc) is 3.74. The first-order valence-corrected chi connectivity index (χ1v) is 26.6. The number of benzene rings is 9. The van der Waals surface area contributed by atoms with Crippen molar-refractivity contribution in [3.63, 3.8) is 0 Å². The SMILES string of the molecule is Cc1cc(-c2ccc(-c3ccccc3-c3cc(B4OC(C)(C)C(C)(C)O4)cc(-c4ccccc4-c4ccc(-c5cc(C)c(-c6cccc(-c7ccccc7)c6)cn5)cc4)c3)cc2)ncc1-c1cccc(-c2ccccc2)c1. The van der Waals surface area contributed by atoms with E-state index in [1.165, 1.54) is 33.4 Å². The van der Waals surface area contributed by atoms with Crippen molar-refractivity contribution in [2.24, 2.45) is 0 Å². The van der Waals surface area contributed by atoms with Gasteiger partial charge in [0.05, 0.1) is 22.6 Å². The summed E-state index contributed by atoms with van der Waals surface area (Å²) < 4.78 is 13.5. The quantitative estimate of drug-likeness (QED) is 0.121. The van der Waals surface area contributed by atoms with Crippen molar-refractivity contribution in [2.75, 3.05) is 0 Å². The molecule has 0 N–H and O–H groups in total.